The minimum atomic E-state index is -1.82. The number of aliphatic imine (C=N–C) groups is 1. The molecule has 1 atom stereocenters. The van der Waals surface area contributed by atoms with E-state index in [0.717, 1.165) is 35.8 Å². The average Bonchev–Trinajstić information content (AvgIpc) is 3.31. The normalized spacial score (nSPS) is 12.3. The fraction of sp³-hybridized carbons (Fsp3) is 0.200. The number of amidine groups is 1. The van der Waals surface area contributed by atoms with Crippen LogP contribution in [0.25, 0.3) is 11.1 Å². The minimum absolute atomic E-state index is 0.0738. The van der Waals surface area contributed by atoms with Crippen LogP contribution in [0.15, 0.2) is 53.8 Å². The van der Waals surface area contributed by atoms with Crippen molar-refractivity contribution in [3.05, 3.63) is 48.8 Å². The van der Waals surface area contributed by atoms with Gasteiger partial charge in [0.15, 0.2) is 6.10 Å². The number of nitrogens with one attached hydrogen (secondary N) is 1. The van der Waals surface area contributed by atoms with Crippen LogP contribution in [0.5, 0.6) is 5.75 Å². The molecule has 1 unspecified atom stereocenters. The Morgan fingerprint density at radius 3 is 2.00 bits per heavy atom. The first kappa shape index (κ1) is 25.6. The summed E-state index contributed by atoms with van der Waals surface area (Å²) in [5.74, 6) is -5.52. The Balaban J connectivity index is 0.000000355. The number of aliphatic carboxylic acids is 4. The van der Waals surface area contributed by atoms with Gasteiger partial charge in [-0.15, -0.1) is 0 Å². The van der Waals surface area contributed by atoms with Gasteiger partial charge in [0.2, 0.25) is 0 Å². The van der Waals surface area contributed by atoms with Crippen molar-refractivity contribution in [2.45, 2.75) is 13.0 Å². The number of ether oxygens (including phenoxy) is 1. The number of para-hydroxylation sites is 1. The standard InChI is InChI=1S/C16H17N3O.2C2H2O4/c1-12(16-18-9-10-19-16)20-15-7-3-2-6-14(15)13-5-4-8-17-11-13;2*3-1(4)2(5)6/h2-8,11-12H,9-10H2,1H3,(H,18,19);2*(H,3,4)(H,5,6). The molecule has 12 nitrogen and oxygen atoms in total. The molecule has 0 fully saturated rings. The molecule has 32 heavy (non-hydrogen) atoms. The molecule has 0 bridgehead atoms. The number of aromatic nitrogens is 1. The van der Waals surface area contributed by atoms with E-state index < -0.39 is 23.9 Å². The summed E-state index contributed by atoms with van der Waals surface area (Å²) in [5, 5.41) is 32.8. The predicted molar refractivity (Wildman–Crippen MR) is 111 cm³/mol. The third-order valence-corrected chi connectivity index (χ3v) is 3.61. The van der Waals surface area contributed by atoms with Gasteiger partial charge < -0.3 is 30.5 Å². The van der Waals surface area contributed by atoms with Gasteiger partial charge in [-0.25, -0.2) is 19.2 Å². The number of benzene rings is 1. The second kappa shape index (κ2) is 13.0. The van der Waals surface area contributed by atoms with E-state index in [1.165, 1.54) is 0 Å². The molecule has 0 spiro atoms. The first-order valence-electron chi connectivity index (χ1n) is 9.00. The van der Waals surface area contributed by atoms with Gasteiger partial charge in [-0.05, 0) is 19.1 Å². The lowest BCUT2D eigenvalue weighted by Crippen LogP contribution is -2.33. The predicted octanol–water partition coefficient (Wildman–Crippen LogP) is 0.829. The van der Waals surface area contributed by atoms with Crippen molar-refractivity contribution in [2.75, 3.05) is 13.1 Å². The lowest BCUT2D eigenvalue weighted by Gasteiger charge is -2.17. The van der Waals surface area contributed by atoms with Crippen LogP contribution >= 0.6 is 0 Å². The molecule has 0 saturated heterocycles. The lowest BCUT2D eigenvalue weighted by atomic mass is 10.1. The number of carboxylic acid groups (broad SMARTS) is 4. The quantitative estimate of drug-likeness (QED) is 0.416. The Morgan fingerprint density at radius 1 is 0.938 bits per heavy atom. The van der Waals surface area contributed by atoms with E-state index in [4.69, 9.17) is 44.3 Å². The minimum Gasteiger partial charge on any atom is -0.482 e. The molecule has 1 aromatic heterocycles. The van der Waals surface area contributed by atoms with Crippen LogP contribution in [0, 0.1) is 0 Å². The summed E-state index contributed by atoms with van der Waals surface area (Å²) in [7, 11) is 0. The van der Waals surface area contributed by atoms with Crippen molar-refractivity contribution >= 4 is 29.7 Å². The number of nitrogens with zero attached hydrogens (tertiary/aromatic N) is 2. The first-order valence-corrected chi connectivity index (χ1v) is 9.00. The summed E-state index contributed by atoms with van der Waals surface area (Å²) >= 11 is 0. The topological polar surface area (TPSA) is 196 Å². The Labute approximate surface area is 181 Å². The molecule has 1 aliphatic rings. The molecular formula is C20H21N3O9. The maximum absolute atomic E-state index is 9.10. The van der Waals surface area contributed by atoms with Gasteiger partial charge in [0.05, 0.1) is 6.54 Å². The maximum Gasteiger partial charge on any atom is 0.414 e. The number of rotatable bonds is 4. The van der Waals surface area contributed by atoms with E-state index in [1.807, 2.05) is 49.5 Å². The fourth-order valence-electron chi connectivity index (χ4n) is 2.26. The van der Waals surface area contributed by atoms with Crippen molar-refractivity contribution in [1.82, 2.24) is 10.3 Å². The highest BCUT2D eigenvalue weighted by Gasteiger charge is 2.17. The van der Waals surface area contributed by atoms with Crippen LogP contribution in [0.4, 0.5) is 0 Å². The molecule has 5 N–H and O–H groups in total. The van der Waals surface area contributed by atoms with Gasteiger partial charge in [0.1, 0.15) is 11.6 Å². The molecule has 12 heteroatoms. The second-order valence-corrected chi connectivity index (χ2v) is 5.91. The molecule has 0 radical (unpaired) electrons. The summed E-state index contributed by atoms with van der Waals surface area (Å²) in [5.41, 5.74) is 2.10. The number of carbonyl (C=O) groups is 4. The number of pyridine rings is 1. The van der Waals surface area contributed by atoms with Gasteiger partial charge in [-0.2, -0.15) is 0 Å². The van der Waals surface area contributed by atoms with Crippen molar-refractivity contribution < 1.29 is 44.3 Å². The zero-order valence-electron chi connectivity index (χ0n) is 16.8. The van der Waals surface area contributed by atoms with Crippen molar-refractivity contribution in [1.29, 1.82) is 0 Å². The lowest BCUT2D eigenvalue weighted by molar-refractivity contribution is -0.159. The summed E-state index contributed by atoms with van der Waals surface area (Å²) in [6, 6.07) is 12.0. The first-order chi connectivity index (χ1) is 15.1. The Bertz CT molecular complexity index is 929. The van der Waals surface area contributed by atoms with E-state index >= 15 is 0 Å². The maximum atomic E-state index is 9.10. The Kier molecular flexibility index (Phi) is 10.3. The van der Waals surface area contributed by atoms with Gasteiger partial charge >= 0.3 is 23.9 Å². The van der Waals surface area contributed by atoms with Crippen LogP contribution in [0.1, 0.15) is 6.92 Å². The Morgan fingerprint density at radius 2 is 1.53 bits per heavy atom. The smallest absolute Gasteiger partial charge is 0.414 e. The van der Waals surface area contributed by atoms with Gasteiger partial charge in [-0.1, -0.05) is 24.3 Å². The molecule has 1 aliphatic heterocycles. The SMILES string of the molecule is CC(Oc1ccccc1-c1cccnc1)C1=NCCN1.O=C(O)C(=O)O.O=C(O)C(=O)O. The van der Waals surface area contributed by atoms with Gasteiger partial charge in [0, 0.05) is 30.1 Å². The van der Waals surface area contributed by atoms with Crippen LogP contribution in [0.2, 0.25) is 0 Å². The third kappa shape index (κ3) is 8.90. The molecule has 0 saturated carbocycles. The molecule has 2 heterocycles. The fourth-order valence-corrected chi connectivity index (χ4v) is 2.26. The van der Waals surface area contributed by atoms with Gasteiger partial charge in [-0.3, -0.25) is 9.98 Å². The number of carboxylic acids is 4. The zero-order chi connectivity index (χ0) is 24.1. The Hall–Kier alpha value is -4.48. The monoisotopic (exact) mass is 447 g/mol. The van der Waals surface area contributed by atoms with E-state index in [9.17, 15) is 0 Å². The molecular weight excluding hydrogens is 426 g/mol. The molecule has 0 aliphatic carbocycles. The number of hydrogen-bond acceptors (Lipinski definition) is 8. The van der Waals surface area contributed by atoms with Crippen molar-refractivity contribution in [2.24, 2.45) is 4.99 Å². The summed E-state index contributed by atoms with van der Waals surface area (Å²) in [4.78, 5) is 45.0. The van der Waals surface area contributed by atoms with Crippen LogP contribution in [0.3, 0.4) is 0 Å². The van der Waals surface area contributed by atoms with Gasteiger partial charge in [0.25, 0.3) is 0 Å². The van der Waals surface area contributed by atoms with Crippen molar-refractivity contribution in [3.8, 4) is 16.9 Å². The average molecular weight is 447 g/mol. The third-order valence-electron chi connectivity index (χ3n) is 3.61. The highest BCUT2D eigenvalue weighted by molar-refractivity contribution is 6.27. The summed E-state index contributed by atoms with van der Waals surface area (Å²) < 4.78 is 6.06. The zero-order valence-corrected chi connectivity index (χ0v) is 16.8. The molecule has 3 rings (SSSR count). The van der Waals surface area contributed by atoms with E-state index in [-0.39, 0.29) is 6.10 Å². The highest BCUT2D eigenvalue weighted by Crippen LogP contribution is 2.29. The summed E-state index contributed by atoms with van der Waals surface area (Å²) in [6.07, 6.45) is 3.54. The van der Waals surface area contributed by atoms with E-state index in [0.29, 0.717) is 0 Å². The van der Waals surface area contributed by atoms with E-state index in [1.54, 1.807) is 6.20 Å². The molecule has 0 amide bonds. The van der Waals surface area contributed by atoms with Crippen LogP contribution < -0.4 is 10.1 Å². The summed E-state index contributed by atoms with van der Waals surface area (Å²) in [6.45, 7) is 3.73. The largest absolute Gasteiger partial charge is 0.482 e. The second-order valence-electron chi connectivity index (χ2n) is 5.91. The molecule has 1 aromatic carbocycles. The highest BCUT2D eigenvalue weighted by atomic mass is 16.5. The van der Waals surface area contributed by atoms with Crippen molar-refractivity contribution in [3.63, 3.8) is 0 Å². The van der Waals surface area contributed by atoms with Crippen LogP contribution in [-0.4, -0.2) is 74.3 Å². The molecule has 2 aromatic rings. The van der Waals surface area contributed by atoms with E-state index in [2.05, 4.69) is 15.3 Å². The number of hydrogen-bond donors (Lipinski definition) is 5. The van der Waals surface area contributed by atoms with Crippen LogP contribution in [-0.2, 0) is 19.2 Å². The molecule has 170 valence electrons.